The molecular weight excluding hydrogens is 437 g/mol. The molecule has 3 N–H and O–H groups in total. The van der Waals surface area contributed by atoms with Crippen LogP contribution in [0.5, 0.6) is 11.5 Å². The number of aromatic hydroxyl groups is 2. The Hall–Kier alpha value is -4.27. The summed E-state index contributed by atoms with van der Waals surface area (Å²) in [5.74, 6) is -1.80. The number of halogens is 3. The number of hydrogen-bond donors (Lipinski definition) is 3. The van der Waals surface area contributed by atoms with E-state index in [0.717, 1.165) is 12.1 Å². The predicted octanol–water partition coefficient (Wildman–Crippen LogP) is 5.64. The minimum Gasteiger partial charge on any atom is -0.507 e. The van der Waals surface area contributed by atoms with Crippen LogP contribution in [-0.4, -0.2) is 30.8 Å². The summed E-state index contributed by atoms with van der Waals surface area (Å²) in [5.41, 5.74) is -0.922. The van der Waals surface area contributed by atoms with Crippen molar-refractivity contribution in [2.75, 3.05) is 0 Å². The minimum atomic E-state index is -4.91. The smallest absolute Gasteiger partial charge is 0.417 e. The molecular formula is C24H17F3N2O4. The summed E-state index contributed by atoms with van der Waals surface area (Å²) in [6.07, 6.45) is -4.91. The lowest BCUT2D eigenvalue weighted by Gasteiger charge is -2.16. The van der Waals surface area contributed by atoms with Crippen LogP contribution in [0.3, 0.4) is 0 Å². The fourth-order valence-corrected chi connectivity index (χ4v) is 3.68. The van der Waals surface area contributed by atoms with Gasteiger partial charge in [0, 0.05) is 16.9 Å². The van der Waals surface area contributed by atoms with Crippen LogP contribution in [0.1, 0.15) is 21.6 Å². The highest BCUT2D eigenvalue weighted by atomic mass is 19.4. The van der Waals surface area contributed by atoms with Crippen molar-refractivity contribution in [2.24, 2.45) is 0 Å². The van der Waals surface area contributed by atoms with Crippen LogP contribution in [0, 0.1) is 6.92 Å². The van der Waals surface area contributed by atoms with Crippen LogP contribution in [0.2, 0.25) is 0 Å². The van der Waals surface area contributed by atoms with Gasteiger partial charge in [0.25, 0.3) is 0 Å². The number of rotatable bonds is 4. The molecule has 0 aliphatic carbocycles. The van der Waals surface area contributed by atoms with Crippen molar-refractivity contribution < 1.29 is 33.3 Å². The number of carboxylic acids is 1. The maximum atomic E-state index is 13.7. The van der Waals surface area contributed by atoms with Crippen molar-refractivity contribution >= 4 is 5.97 Å². The summed E-state index contributed by atoms with van der Waals surface area (Å²) in [6, 6.07) is 15.4. The molecule has 0 amide bonds. The molecule has 1 heterocycles. The van der Waals surface area contributed by atoms with Crippen molar-refractivity contribution in [3.05, 3.63) is 83.6 Å². The van der Waals surface area contributed by atoms with Gasteiger partial charge in [0.05, 0.1) is 22.4 Å². The van der Waals surface area contributed by atoms with E-state index in [1.807, 2.05) is 0 Å². The molecule has 0 unspecified atom stereocenters. The largest absolute Gasteiger partial charge is 0.507 e. The van der Waals surface area contributed by atoms with Gasteiger partial charge in [0.1, 0.15) is 17.3 Å². The second-order valence-corrected chi connectivity index (χ2v) is 7.27. The van der Waals surface area contributed by atoms with Crippen LogP contribution >= 0.6 is 0 Å². The standard InChI is InChI=1S/C24H17F3N2O4/c1-13-21(16-6-2-4-8-19(16)30)28-22(17-7-3-5-9-20(17)31)29(13)14-10-11-15(23(32)33)18(12-14)24(25,26)27/h2-12,30-31H,1H3,(H,32,33). The molecule has 0 saturated carbocycles. The lowest BCUT2D eigenvalue weighted by atomic mass is 10.1. The summed E-state index contributed by atoms with van der Waals surface area (Å²) >= 11 is 0. The molecule has 0 saturated heterocycles. The fraction of sp³-hybridized carbons (Fsp3) is 0.0833. The highest BCUT2D eigenvalue weighted by Gasteiger charge is 2.36. The summed E-state index contributed by atoms with van der Waals surface area (Å²) in [4.78, 5) is 15.9. The fourth-order valence-electron chi connectivity index (χ4n) is 3.68. The molecule has 0 fully saturated rings. The summed E-state index contributed by atoms with van der Waals surface area (Å²) in [6.45, 7) is 1.61. The predicted molar refractivity (Wildman–Crippen MR) is 114 cm³/mol. The minimum absolute atomic E-state index is 0.00255. The number of carbonyl (C=O) groups is 1. The van der Waals surface area contributed by atoms with Crippen molar-refractivity contribution in [3.63, 3.8) is 0 Å². The lowest BCUT2D eigenvalue weighted by Crippen LogP contribution is -2.14. The first-order valence-electron chi connectivity index (χ1n) is 9.70. The van der Waals surface area contributed by atoms with E-state index >= 15 is 0 Å². The number of carboxylic acid groups (broad SMARTS) is 1. The molecule has 0 aliphatic rings. The number of alkyl halides is 3. The number of aromatic nitrogens is 2. The van der Waals surface area contributed by atoms with E-state index in [1.165, 1.54) is 22.8 Å². The van der Waals surface area contributed by atoms with Crippen LogP contribution in [-0.2, 0) is 6.18 Å². The van der Waals surface area contributed by atoms with E-state index in [2.05, 4.69) is 4.98 Å². The number of nitrogens with zero attached hydrogens (tertiary/aromatic N) is 2. The molecule has 3 aromatic carbocycles. The van der Waals surface area contributed by atoms with Gasteiger partial charge in [-0.2, -0.15) is 13.2 Å². The molecule has 1 aromatic heterocycles. The van der Waals surface area contributed by atoms with Gasteiger partial charge in [0.2, 0.25) is 0 Å². The summed E-state index contributed by atoms with van der Waals surface area (Å²) in [7, 11) is 0. The SMILES string of the molecule is Cc1c(-c2ccccc2O)nc(-c2ccccc2O)n1-c1ccc(C(=O)O)c(C(F)(F)F)c1. The van der Waals surface area contributed by atoms with E-state index < -0.39 is 23.3 Å². The Labute approximate surface area is 185 Å². The Morgan fingerprint density at radius 1 is 0.909 bits per heavy atom. The molecule has 4 aromatic rings. The molecule has 168 valence electrons. The third-order valence-corrected chi connectivity index (χ3v) is 5.21. The number of phenols is 2. The number of para-hydroxylation sites is 2. The van der Waals surface area contributed by atoms with Crippen molar-refractivity contribution in [1.29, 1.82) is 0 Å². The average Bonchev–Trinajstić information content (AvgIpc) is 3.10. The second-order valence-electron chi connectivity index (χ2n) is 7.27. The molecule has 9 heteroatoms. The third-order valence-electron chi connectivity index (χ3n) is 5.21. The van der Waals surface area contributed by atoms with Gasteiger partial charge in [-0.1, -0.05) is 24.3 Å². The van der Waals surface area contributed by atoms with Gasteiger partial charge in [-0.25, -0.2) is 9.78 Å². The number of phenolic OH excluding ortho intramolecular Hbond substituents is 2. The number of aromatic carboxylic acids is 1. The lowest BCUT2D eigenvalue weighted by molar-refractivity contribution is -0.138. The number of benzene rings is 3. The van der Waals surface area contributed by atoms with E-state index in [4.69, 9.17) is 0 Å². The topological polar surface area (TPSA) is 95.6 Å². The molecule has 0 radical (unpaired) electrons. The highest BCUT2D eigenvalue weighted by molar-refractivity contribution is 5.90. The zero-order chi connectivity index (χ0) is 23.9. The molecule has 4 rings (SSSR count). The summed E-state index contributed by atoms with van der Waals surface area (Å²) < 4.78 is 42.3. The summed E-state index contributed by atoms with van der Waals surface area (Å²) in [5, 5.41) is 29.9. The third kappa shape index (κ3) is 3.89. The van der Waals surface area contributed by atoms with E-state index in [-0.39, 0.29) is 28.6 Å². The van der Waals surface area contributed by atoms with E-state index in [1.54, 1.807) is 43.3 Å². The van der Waals surface area contributed by atoms with Gasteiger partial charge in [-0.15, -0.1) is 0 Å². The zero-order valence-corrected chi connectivity index (χ0v) is 17.1. The van der Waals surface area contributed by atoms with Crippen molar-refractivity contribution in [3.8, 4) is 39.8 Å². The maximum absolute atomic E-state index is 13.7. The molecule has 0 atom stereocenters. The Morgan fingerprint density at radius 3 is 2.03 bits per heavy atom. The van der Waals surface area contributed by atoms with Gasteiger partial charge < -0.3 is 15.3 Å². The van der Waals surface area contributed by atoms with Crippen molar-refractivity contribution in [1.82, 2.24) is 9.55 Å². The van der Waals surface area contributed by atoms with Crippen LogP contribution < -0.4 is 0 Å². The van der Waals surface area contributed by atoms with Crippen LogP contribution in [0.25, 0.3) is 28.3 Å². The zero-order valence-electron chi connectivity index (χ0n) is 17.1. The first-order chi connectivity index (χ1) is 15.6. The molecule has 0 spiro atoms. The monoisotopic (exact) mass is 454 g/mol. The Morgan fingerprint density at radius 2 is 1.48 bits per heavy atom. The second kappa shape index (κ2) is 8.01. The Bertz CT molecular complexity index is 1380. The quantitative estimate of drug-likeness (QED) is 0.371. The molecule has 33 heavy (non-hydrogen) atoms. The first kappa shape index (κ1) is 21.9. The average molecular weight is 454 g/mol. The highest BCUT2D eigenvalue weighted by Crippen LogP contribution is 2.39. The van der Waals surface area contributed by atoms with Gasteiger partial charge in [0.15, 0.2) is 0 Å². The van der Waals surface area contributed by atoms with E-state index in [0.29, 0.717) is 17.0 Å². The Kier molecular flexibility index (Phi) is 5.33. The molecule has 6 nitrogen and oxygen atoms in total. The van der Waals surface area contributed by atoms with Gasteiger partial charge in [-0.3, -0.25) is 4.57 Å². The number of hydrogen-bond acceptors (Lipinski definition) is 4. The maximum Gasteiger partial charge on any atom is 0.417 e. The molecule has 0 bridgehead atoms. The van der Waals surface area contributed by atoms with E-state index in [9.17, 15) is 33.3 Å². The van der Waals surface area contributed by atoms with Gasteiger partial charge >= 0.3 is 12.1 Å². The van der Waals surface area contributed by atoms with Gasteiger partial charge in [-0.05, 0) is 49.4 Å². The normalized spacial score (nSPS) is 11.5. The Balaban J connectivity index is 2.06. The number of imidazole rings is 1. The van der Waals surface area contributed by atoms with Crippen LogP contribution in [0.4, 0.5) is 13.2 Å². The van der Waals surface area contributed by atoms with Crippen LogP contribution in [0.15, 0.2) is 66.7 Å². The van der Waals surface area contributed by atoms with Crippen molar-refractivity contribution in [2.45, 2.75) is 13.1 Å². The first-order valence-corrected chi connectivity index (χ1v) is 9.70. The molecule has 0 aliphatic heterocycles.